The van der Waals surface area contributed by atoms with Gasteiger partial charge in [0.25, 0.3) is 11.5 Å². The van der Waals surface area contributed by atoms with E-state index in [-0.39, 0.29) is 49.4 Å². The zero-order valence-corrected chi connectivity index (χ0v) is 21.0. The molecule has 1 aromatic carbocycles. The minimum absolute atomic E-state index is 0.0306. The lowest BCUT2D eigenvalue weighted by atomic mass is 10.1. The summed E-state index contributed by atoms with van der Waals surface area (Å²) < 4.78 is 6.87. The third kappa shape index (κ3) is 5.80. The summed E-state index contributed by atoms with van der Waals surface area (Å²) in [5.74, 6) is -1.34. The number of aromatic nitrogens is 3. The molecule has 3 heterocycles. The van der Waals surface area contributed by atoms with E-state index in [0.29, 0.717) is 35.1 Å². The number of hydrogen-bond acceptors (Lipinski definition) is 8. The molecule has 1 aliphatic rings. The van der Waals surface area contributed by atoms with Crippen LogP contribution in [0.5, 0.6) is 5.75 Å². The molecule has 3 aromatic rings. The SMILES string of the molecule is CNC(=O)COc1cc2cc(Cc3nc(N4CCN(CC(=O)O)C(=O)C4)ncc3Cl)ccc2n(C)c1=O. The number of carboxylic acid groups (broad SMARTS) is 1. The van der Waals surface area contributed by atoms with E-state index >= 15 is 0 Å². The van der Waals surface area contributed by atoms with Gasteiger partial charge in [-0.25, -0.2) is 9.97 Å². The van der Waals surface area contributed by atoms with Crippen molar-refractivity contribution in [3.8, 4) is 5.75 Å². The molecule has 12 nitrogen and oxygen atoms in total. The summed E-state index contributed by atoms with van der Waals surface area (Å²) in [6, 6.07) is 7.15. The van der Waals surface area contributed by atoms with Gasteiger partial charge in [0.15, 0.2) is 12.4 Å². The number of carbonyl (C=O) groups excluding carboxylic acids is 2. The third-order valence-electron chi connectivity index (χ3n) is 6.00. The number of piperazine rings is 1. The number of benzene rings is 1. The van der Waals surface area contributed by atoms with Crippen molar-refractivity contribution >= 4 is 46.2 Å². The van der Waals surface area contributed by atoms with E-state index in [0.717, 1.165) is 10.9 Å². The van der Waals surface area contributed by atoms with Crippen LogP contribution in [0.25, 0.3) is 10.9 Å². The van der Waals surface area contributed by atoms with E-state index in [1.807, 2.05) is 18.2 Å². The molecule has 4 rings (SSSR count). The minimum atomic E-state index is -1.06. The fraction of sp³-hybridized carbons (Fsp3) is 0.333. The largest absolute Gasteiger partial charge is 0.480 e. The van der Waals surface area contributed by atoms with Gasteiger partial charge in [-0.15, -0.1) is 0 Å². The van der Waals surface area contributed by atoms with Gasteiger partial charge >= 0.3 is 5.97 Å². The molecule has 0 saturated carbocycles. The maximum Gasteiger partial charge on any atom is 0.323 e. The van der Waals surface area contributed by atoms with Crippen molar-refractivity contribution in [2.24, 2.45) is 7.05 Å². The Morgan fingerprint density at radius 2 is 2.00 bits per heavy atom. The zero-order chi connectivity index (χ0) is 26.7. The van der Waals surface area contributed by atoms with Crippen LogP contribution in [0.1, 0.15) is 11.3 Å². The van der Waals surface area contributed by atoms with Gasteiger partial charge in [0.2, 0.25) is 11.9 Å². The standard InChI is InChI=1S/C24H25ClN6O6/c1-26-20(32)13-37-19-9-15-7-14(3-4-18(15)29(2)23(19)36)8-17-16(25)10-27-24(28-17)31-6-5-30(12-22(34)35)21(33)11-31/h3-4,7,9-10H,5-6,8,11-13H2,1-2H3,(H,26,32)(H,34,35). The normalized spacial score (nSPS) is 13.6. The number of hydrogen-bond donors (Lipinski definition) is 2. The predicted octanol–water partition coefficient (Wildman–Crippen LogP) is 0.431. The quantitative estimate of drug-likeness (QED) is 0.424. The number of ether oxygens (including phenoxy) is 1. The number of likely N-dealkylation sites (N-methyl/N-ethyl adjacent to an activating group) is 1. The lowest BCUT2D eigenvalue weighted by Crippen LogP contribution is -2.52. The summed E-state index contributed by atoms with van der Waals surface area (Å²) in [4.78, 5) is 59.2. The van der Waals surface area contributed by atoms with E-state index in [1.165, 1.54) is 22.7 Å². The van der Waals surface area contributed by atoms with Crippen molar-refractivity contribution in [3.05, 3.63) is 57.1 Å². The first kappa shape index (κ1) is 25.9. The fourth-order valence-corrected chi connectivity index (χ4v) is 4.16. The molecule has 194 valence electrons. The Morgan fingerprint density at radius 1 is 1.22 bits per heavy atom. The molecule has 1 aliphatic heterocycles. The summed E-state index contributed by atoms with van der Waals surface area (Å²) >= 11 is 6.38. The lowest BCUT2D eigenvalue weighted by molar-refractivity contribution is -0.144. The number of nitrogens with zero attached hydrogens (tertiary/aromatic N) is 5. The van der Waals surface area contributed by atoms with E-state index in [1.54, 1.807) is 18.0 Å². The first-order valence-electron chi connectivity index (χ1n) is 11.4. The molecule has 1 saturated heterocycles. The van der Waals surface area contributed by atoms with E-state index in [4.69, 9.17) is 21.4 Å². The Kier molecular flexibility index (Phi) is 7.58. The van der Waals surface area contributed by atoms with Crippen LogP contribution < -0.4 is 20.5 Å². The van der Waals surface area contributed by atoms with Crippen molar-refractivity contribution < 1.29 is 24.2 Å². The maximum atomic E-state index is 12.6. The van der Waals surface area contributed by atoms with Crippen LogP contribution in [0, 0.1) is 0 Å². The molecular weight excluding hydrogens is 504 g/mol. The van der Waals surface area contributed by atoms with Crippen LogP contribution in [-0.4, -0.2) is 82.2 Å². The number of carbonyl (C=O) groups is 3. The number of halogens is 1. The van der Waals surface area contributed by atoms with Gasteiger partial charge < -0.3 is 29.5 Å². The fourth-order valence-electron chi connectivity index (χ4n) is 4.00. The van der Waals surface area contributed by atoms with Crippen LogP contribution in [0.3, 0.4) is 0 Å². The van der Waals surface area contributed by atoms with Gasteiger partial charge in [0, 0.05) is 39.0 Å². The molecule has 0 unspecified atom stereocenters. The van der Waals surface area contributed by atoms with Gasteiger partial charge in [0.05, 0.1) is 22.4 Å². The second-order valence-corrected chi connectivity index (χ2v) is 8.91. The Bertz CT molecular complexity index is 1440. The van der Waals surface area contributed by atoms with Gasteiger partial charge in [-0.2, -0.15) is 0 Å². The maximum absolute atomic E-state index is 12.6. The van der Waals surface area contributed by atoms with Crippen LogP contribution >= 0.6 is 11.6 Å². The summed E-state index contributed by atoms with van der Waals surface area (Å²) in [7, 11) is 3.11. The number of carboxylic acids is 1. The monoisotopic (exact) mass is 528 g/mol. The average Bonchev–Trinajstić information content (AvgIpc) is 2.87. The molecule has 0 radical (unpaired) electrons. The summed E-state index contributed by atoms with van der Waals surface area (Å²) in [5.41, 5.74) is 1.74. The second-order valence-electron chi connectivity index (χ2n) is 8.50. The van der Waals surface area contributed by atoms with Crippen LogP contribution in [-0.2, 0) is 27.9 Å². The first-order chi connectivity index (χ1) is 17.7. The van der Waals surface area contributed by atoms with Gasteiger partial charge in [-0.3, -0.25) is 19.2 Å². The lowest BCUT2D eigenvalue weighted by Gasteiger charge is -2.33. The molecule has 0 spiro atoms. The van der Waals surface area contributed by atoms with Crippen molar-refractivity contribution in [1.82, 2.24) is 24.8 Å². The topological polar surface area (TPSA) is 147 Å². The third-order valence-corrected chi connectivity index (χ3v) is 6.31. The highest BCUT2D eigenvalue weighted by atomic mass is 35.5. The van der Waals surface area contributed by atoms with Gasteiger partial charge in [-0.05, 0) is 23.8 Å². The number of aliphatic carboxylic acids is 1. The van der Waals surface area contributed by atoms with Crippen molar-refractivity contribution in [2.75, 3.05) is 44.7 Å². The smallest absolute Gasteiger partial charge is 0.323 e. The van der Waals surface area contributed by atoms with Crippen molar-refractivity contribution in [3.63, 3.8) is 0 Å². The molecule has 2 amide bonds. The molecular formula is C24H25ClN6O6. The molecule has 37 heavy (non-hydrogen) atoms. The van der Waals surface area contributed by atoms with E-state index in [2.05, 4.69) is 15.3 Å². The van der Waals surface area contributed by atoms with Crippen LogP contribution in [0.15, 0.2) is 35.3 Å². The number of pyridine rings is 1. The second kappa shape index (κ2) is 10.8. The molecule has 13 heteroatoms. The average molecular weight is 529 g/mol. The molecule has 2 aromatic heterocycles. The van der Waals surface area contributed by atoms with Gasteiger partial charge in [0.1, 0.15) is 13.1 Å². The number of anilines is 1. The predicted molar refractivity (Wildman–Crippen MR) is 135 cm³/mol. The van der Waals surface area contributed by atoms with E-state index in [9.17, 15) is 19.2 Å². The molecule has 0 atom stereocenters. The summed E-state index contributed by atoms with van der Waals surface area (Å²) in [6.45, 7) is -0.00484. The number of aryl methyl sites for hydroxylation is 1. The van der Waals surface area contributed by atoms with Gasteiger partial charge in [-0.1, -0.05) is 17.7 Å². The summed E-state index contributed by atoms with van der Waals surface area (Å²) in [6.07, 6.45) is 1.83. The molecule has 0 aliphatic carbocycles. The number of fused-ring (bicyclic) bond motifs is 1. The summed E-state index contributed by atoms with van der Waals surface area (Å²) in [5, 5.41) is 12.5. The zero-order valence-electron chi connectivity index (χ0n) is 20.2. The highest BCUT2D eigenvalue weighted by Crippen LogP contribution is 2.24. The Labute approximate surface area is 216 Å². The Morgan fingerprint density at radius 3 is 2.70 bits per heavy atom. The van der Waals surface area contributed by atoms with Crippen LogP contribution in [0.2, 0.25) is 5.02 Å². The highest BCUT2D eigenvalue weighted by Gasteiger charge is 2.27. The molecule has 2 N–H and O–H groups in total. The Hall–Kier alpha value is -4.19. The van der Waals surface area contributed by atoms with Crippen LogP contribution in [0.4, 0.5) is 5.95 Å². The number of nitrogens with one attached hydrogen (secondary N) is 1. The molecule has 1 fully saturated rings. The van der Waals surface area contributed by atoms with Crippen molar-refractivity contribution in [1.29, 1.82) is 0 Å². The first-order valence-corrected chi connectivity index (χ1v) is 11.8. The number of amides is 2. The Balaban J connectivity index is 1.56. The number of rotatable bonds is 8. The van der Waals surface area contributed by atoms with E-state index < -0.39 is 5.97 Å². The van der Waals surface area contributed by atoms with Crippen molar-refractivity contribution in [2.45, 2.75) is 6.42 Å². The minimum Gasteiger partial charge on any atom is -0.480 e. The highest BCUT2D eigenvalue weighted by molar-refractivity contribution is 6.31. The molecule has 0 bridgehead atoms.